The number of hydrogen-bond acceptors (Lipinski definition) is 3. The minimum absolute atomic E-state index is 0.158. The Morgan fingerprint density at radius 1 is 1.25 bits per heavy atom. The average Bonchev–Trinajstić information content (AvgIpc) is 3.20. The highest BCUT2D eigenvalue weighted by molar-refractivity contribution is 7.89. The van der Waals surface area contributed by atoms with Crippen molar-refractivity contribution in [2.45, 2.75) is 52.4 Å². The first-order valence-corrected chi connectivity index (χ1v) is 11.0. The summed E-state index contributed by atoms with van der Waals surface area (Å²) in [6.45, 7) is 8.06. The van der Waals surface area contributed by atoms with Crippen LogP contribution < -0.4 is 5.32 Å². The Balaban J connectivity index is 1.85. The summed E-state index contributed by atoms with van der Waals surface area (Å²) in [5.41, 5.74) is 0.533. The highest BCUT2D eigenvalue weighted by atomic mass is 32.2. The molecule has 1 aliphatic carbocycles. The van der Waals surface area contributed by atoms with Crippen LogP contribution in [0, 0.1) is 5.41 Å². The van der Waals surface area contributed by atoms with Crippen LogP contribution >= 0.6 is 0 Å². The molecule has 1 N–H and O–H groups in total. The quantitative estimate of drug-likeness (QED) is 0.429. The van der Waals surface area contributed by atoms with Gasteiger partial charge in [-0.15, -0.1) is 0 Å². The number of nitrogens with one attached hydrogen (secondary N) is 1. The second-order valence-corrected chi connectivity index (χ2v) is 9.55. The van der Waals surface area contributed by atoms with E-state index in [1.54, 1.807) is 14.0 Å². The Labute approximate surface area is 147 Å². The number of rotatable bonds is 7. The molecule has 1 spiro atoms. The molecule has 7 heteroatoms. The molecule has 0 unspecified atom stereocenters. The highest BCUT2D eigenvalue weighted by Crippen LogP contribution is 2.45. The lowest BCUT2D eigenvalue weighted by Crippen LogP contribution is -2.41. The SMILES string of the molecule is CCNC(=NCCCN(C)S(=O)(=O)CC)N1CCC2(CCCC2)C1. The minimum Gasteiger partial charge on any atom is -0.357 e. The summed E-state index contributed by atoms with van der Waals surface area (Å²) in [5, 5.41) is 3.40. The zero-order chi connectivity index (χ0) is 17.6. The summed E-state index contributed by atoms with van der Waals surface area (Å²) in [6, 6.07) is 0. The van der Waals surface area contributed by atoms with E-state index >= 15 is 0 Å². The molecule has 24 heavy (non-hydrogen) atoms. The molecule has 140 valence electrons. The van der Waals surface area contributed by atoms with Gasteiger partial charge in [-0.05, 0) is 44.9 Å². The first-order chi connectivity index (χ1) is 11.4. The Morgan fingerprint density at radius 2 is 1.96 bits per heavy atom. The smallest absolute Gasteiger partial charge is 0.213 e. The standard InChI is InChI=1S/C17H34N4O2S/c1-4-18-16(19-12-8-13-20(3)24(22,23)5-2)21-14-11-17(15-21)9-6-7-10-17/h4-15H2,1-3H3,(H,18,19). The summed E-state index contributed by atoms with van der Waals surface area (Å²) in [6.07, 6.45) is 7.52. The Kier molecular flexibility index (Phi) is 6.92. The number of likely N-dealkylation sites (tertiary alicyclic amines) is 1. The molecule has 0 radical (unpaired) electrons. The average molecular weight is 359 g/mol. The largest absolute Gasteiger partial charge is 0.357 e. The van der Waals surface area contributed by atoms with Gasteiger partial charge in [0.05, 0.1) is 5.75 Å². The summed E-state index contributed by atoms with van der Waals surface area (Å²) < 4.78 is 24.9. The van der Waals surface area contributed by atoms with E-state index in [1.807, 2.05) is 0 Å². The zero-order valence-corrected chi connectivity index (χ0v) is 16.4. The fourth-order valence-corrected chi connectivity index (χ4v) is 4.76. The summed E-state index contributed by atoms with van der Waals surface area (Å²) in [4.78, 5) is 7.14. The van der Waals surface area contributed by atoms with Crippen LogP contribution in [0.2, 0.25) is 0 Å². The molecule has 2 aliphatic rings. The van der Waals surface area contributed by atoms with Crippen LogP contribution in [0.25, 0.3) is 0 Å². The van der Waals surface area contributed by atoms with Gasteiger partial charge in [0.15, 0.2) is 5.96 Å². The van der Waals surface area contributed by atoms with Crippen LogP contribution in [0.15, 0.2) is 4.99 Å². The minimum atomic E-state index is -3.08. The maximum absolute atomic E-state index is 11.8. The molecule has 2 fully saturated rings. The molecule has 0 aromatic heterocycles. The van der Waals surface area contributed by atoms with Gasteiger partial charge in [0.1, 0.15) is 0 Å². The molecule has 1 saturated heterocycles. The number of sulfonamides is 1. The lowest BCUT2D eigenvalue weighted by molar-refractivity contribution is 0.309. The molecular formula is C17H34N4O2S. The van der Waals surface area contributed by atoms with Crippen molar-refractivity contribution in [1.82, 2.24) is 14.5 Å². The van der Waals surface area contributed by atoms with Crippen LogP contribution in [0.1, 0.15) is 52.4 Å². The van der Waals surface area contributed by atoms with Crippen molar-refractivity contribution in [3.8, 4) is 0 Å². The summed E-state index contributed by atoms with van der Waals surface area (Å²) in [7, 11) is -1.43. The maximum atomic E-state index is 11.8. The lowest BCUT2D eigenvalue weighted by Gasteiger charge is -2.26. The van der Waals surface area contributed by atoms with Crippen LogP contribution in [-0.4, -0.2) is 69.1 Å². The molecule has 0 aromatic carbocycles. The van der Waals surface area contributed by atoms with Gasteiger partial charge in [-0.3, -0.25) is 4.99 Å². The van der Waals surface area contributed by atoms with Gasteiger partial charge in [-0.1, -0.05) is 12.8 Å². The number of hydrogen-bond donors (Lipinski definition) is 1. The van der Waals surface area contributed by atoms with E-state index in [1.165, 1.54) is 36.4 Å². The molecule has 1 heterocycles. The molecule has 2 rings (SSSR count). The topological polar surface area (TPSA) is 65.0 Å². The van der Waals surface area contributed by atoms with Crippen molar-refractivity contribution >= 4 is 16.0 Å². The molecule has 6 nitrogen and oxygen atoms in total. The number of nitrogens with zero attached hydrogens (tertiary/aromatic N) is 3. The van der Waals surface area contributed by atoms with Crippen molar-refractivity contribution in [2.24, 2.45) is 10.4 Å². The first kappa shape index (κ1) is 19.5. The fraction of sp³-hybridized carbons (Fsp3) is 0.941. The van der Waals surface area contributed by atoms with E-state index < -0.39 is 10.0 Å². The van der Waals surface area contributed by atoms with Crippen molar-refractivity contribution in [3.63, 3.8) is 0 Å². The first-order valence-electron chi connectivity index (χ1n) is 9.40. The van der Waals surface area contributed by atoms with Gasteiger partial charge >= 0.3 is 0 Å². The van der Waals surface area contributed by atoms with Crippen molar-refractivity contribution in [2.75, 3.05) is 45.5 Å². The second kappa shape index (κ2) is 8.52. The van der Waals surface area contributed by atoms with E-state index in [9.17, 15) is 8.42 Å². The van der Waals surface area contributed by atoms with Gasteiger partial charge < -0.3 is 10.2 Å². The maximum Gasteiger partial charge on any atom is 0.213 e. The monoisotopic (exact) mass is 358 g/mol. The van der Waals surface area contributed by atoms with E-state index in [0.29, 0.717) is 18.5 Å². The third kappa shape index (κ3) is 4.85. The zero-order valence-electron chi connectivity index (χ0n) is 15.6. The summed E-state index contributed by atoms with van der Waals surface area (Å²) >= 11 is 0. The predicted molar refractivity (Wildman–Crippen MR) is 99.8 cm³/mol. The van der Waals surface area contributed by atoms with Gasteiger partial charge in [0.25, 0.3) is 0 Å². The van der Waals surface area contributed by atoms with Crippen molar-refractivity contribution in [3.05, 3.63) is 0 Å². The third-order valence-electron chi connectivity index (χ3n) is 5.47. The molecule has 0 amide bonds. The van der Waals surface area contributed by atoms with E-state index in [-0.39, 0.29) is 5.75 Å². The normalized spacial score (nSPS) is 21.2. The fourth-order valence-electron chi connectivity index (χ4n) is 3.91. The lowest BCUT2D eigenvalue weighted by atomic mass is 9.86. The molecular weight excluding hydrogens is 324 g/mol. The van der Waals surface area contributed by atoms with Crippen LogP contribution in [-0.2, 0) is 10.0 Å². The van der Waals surface area contributed by atoms with Gasteiger partial charge in [0, 0.05) is 39.8 Å². The molecule has 0 bridgehead atoms. The molecule has 1 saturated carbocycles. The van der Waals surface area contributed by atoms with E-state index in [0.717, 1.165) is 32.0 Å². The van der Waals surface area contributed by atoms with Gasteiger partial charge in [0.2, 0.25) is 10.0 Å². The third-order valence-corrected chi connectivity index (χ3v) is 7.33. The molecule has 0 aromatic rings. The number of aliphatic imine (C=N–C) groups is 1. The summed E-state index contributed by atoms with van der Waals surface area (Å²) in [5.74, 6) is 1.16. The van der Waals surface area contributed by atoms with Gasteiger partial charge in [-0.25, -0.2) is 12.7 Å². The van der Waals surface area contributed by atoms with E-state index in [4.69, 9.17) is 4.99 Å². The van der Waals surface area contributed by atoms with Crippen molar-refractivity contribution < 1.29 is 8.42 Å². The van der Waals surface area contributed by atoms with Crippen molar-refractivity contribution in [1.29, 1.82) is 0 Å². The Hall–Kier alpha value is -0.820. The highest BCUT2D eigenvalue weighted by Gasteiger charge is 2.41. The van der Waals surface area contributed by atoms with E-state index in [2.05, 4.69) is 17.1 Å². The Bertz CT molecular complexity index is 527. The molecule has 0 atom stereocenters. The second-order valence-electron chi connectivity index (χ2n) is 7.19. The predicted octanol–water partition coefficient (Wildman–Crippen LogP) is 1.89. The van der Waals surface area contributed by atoms with Crippen LogP contribution in [0.3, 0.4) is 0 Å². The van der Waals surface area contributed by atoms with Gasteiger partial charge in [-0.2, -0.15) is 0 Å². The van der Waals surface area contributed by atoms with Crippen LogP contribution in [0.5, 0.6) is 0 Å². The number of guanidine groups is 1. The Morgan fingerprint density at radius 3 is 2.58 bits per heavy atom. The molecule has 1 aliphatic heterocycles. The van der Waals surface area contributed by atoms with Crippen LogP contribution in [0.4, 0.5) is 0 Å².